The number of rotatable bonds is 5. The van der Waals surface area contributed by atoms with Crippen LogP contribution in [0, 0.1) is 0 Å². The first kappa shape index (κ1) is 14.2. The minimum Gasteiger partial charge on any atom is -0.469 e. The van der Waals surface area contributed by atoms with E-state index in [-0.39, 0.29) is 18.2 Å². The summed E-state index contributed by atoms with van der Waals surface area (Å²) >= 11 is 8.84. The van der Waals surface area contributed by atoms with Crippen molar-refractivity contribution in [2.45, 2.75) is 12.8 Å². The van der Waals surface area contributed by atoms with Crippen LogP contribution in [-0.4, -0.2) is 24.7 Å². The van der Waals surface area contributed by atoms with Crippen LogP contribution in [0.1, 0.15) is 22.3 Å². The Balaban J connectivity index is 2.86. The van der Waals surface area contributed by atoms with E-state index in [1.54, 1.807) is 18.2 Å². The topological polar surface area (TPSA) is 43.4 Å². The number of esters is 1. The molecule has 0 spiro atoms. The SMILES string of the molecule is COC(=O)Cc1ccc(C(=O)CCCl)cc1Br. The van der Waals surface area contributed by atoms with E-state index >= 15 is 0 Å². The average Bonchev–Trinajstić information content (AvgIpc) is 2.31. The fraction of sp³-hybridized carbons (Fsp3) is 0.333. The quantitative estimate of drug-likeness (QED) is 0.476. The highest BCUT2D eigenvalue weighted by Crippen LogP contribution is 2.20. The Morgan fingerprint density at radius 2 is 2.12 bits per heavy atom. The van der Waals surface area contributed by atoms with Crippen LogP contribution in [0.2, 0.25) is 0 Å². The van der Waals surface area contributed by atoms with Crippen LogP contribution in [0.4, 0.5) is 0 Å². The lowest BCUT2D eigenvalue weighted by Gasteiger charge is -2.05. The summed E-state index contributed by atoms with van der Waals surface area (Å²) < 4.78 is 5.31. The van der Waals surface area contributed by atoms with Crippen molar-refractivity contribution < 1.29 is 14.3 Å². The molecule has 1 aromatic carbocycles. The van der Waals surface area contributed by atoms with E-state index in [0.29, 0.717) is 17.9 Å². The van der Waals surface area contributed by atoms with Gasteiger partial charge in [0.2, 0.25) is 0 Å². The zero-order valence-electron chi connectivity index (χ0n) is 9.33. The second kappa shape index (κ2) is 6.77. The maximum absolute atomic E-state index is 11.6. The standard InChI is InChI=1S/C12H12BrClO3/c1-17-12(16)7-8-2-3-9(6-10(8)13)11(15)4-5-14/h2-3,6H,4-5,7H2,1H3. The number of carbonyl (C=O) groups excluding carboxylic acids is 2. The molecule has 3 nitrogen and oxygen atoms in total. The van der Waals surface area contributed by atoms with Gasteiger partial charge < -0.3 is 4.74 Å². The molecule has 5 heteroatoms. The lowest BCUT2D eigenvalue weighted by Crippen LogP contribution is -2.06. The molecule has 92 valence electrons. The Bertz CT molecular complexity index is 432. The molecule has 0 N–H and O–H groups in total. The molecule has 0 fully saturated rings. The summed E-state index contributed by atoms with van der Waals surface area (Å²) in [6.45, 7) is 0. The van der Waals surface area contributed by atoms with Crippen molar-refractivity contribution in [3.05, 3.63) is 33.8 Å². The van der Waals surface area contributed by atoms with Crippen molar-refractivity contribution in [3.8, 4) is 0 Å². The molecule has 0 radical (unpaired) electrons. The Labute approximate surface area is 113 Å². The molecule has 0 aromatic heterocycles. The van der Waals surface area contributed by atoms with Gasteiger partial charge in [-0.3, -0.25) is 9.59 Å². The predicted molar refractivity (Wildman–Crippen MR) is 69.5 cm³/mol. The average molecular weight is 320 g/mol. The van der Waals surface area contributed by atoms with Crippen molar-refractivity contribution in [1.82, 2.24) is 0 Å². The van der Waals surface area contributed by atoms with Gasteiger partial charge in [-0.05, 0) is 11.6 Å². The smallest absolute Gasteiger partial charge is 0.310 e. The number of alkyl halides is 1. The Morgan fingerprint density at radius 3 is 2.65 bits per heavy atom. The fourth-order valence-electron chi connectivity index (χ4n) is 1.32. The number of ether oxygens (including phenoxy) is 1. The summed E-state index contributed by atoms with van der Waals surface area (Å²) in [7, 11) is 1.34. The Hall–Kier alpha value is -0.870. The Kier molecular flexibility index (Phi) is 5.65. The third-order valence-corrected chi connectivity index (χ3v) is 3.19. The largest absolute Gasteiger partial charge is 0.469 e. The van der Waals surface area contributed by atoms with Gasteiger partial charge in [-0.15, -0.1) is 11.6 Å². The number of hydrogen-bond acceptors (Lipinski definition) is 3. The van der Waals surface area contributed by atoms with E-state index in [9.17, 15) is 9.59 Å². The van der Waals surface area contributed by atoms with Crippen molar-refractivity contribution in [2.75, 3.05) is 13.0 Å². The minimum atomic E-state index is -0.314. The number of ketones is 1. The molecule has 0 aliphatic heterocycles. The van der Waals surface area contributed by atoms with Crippen molar-refractivity contribution in [1.29, 1.82) is 0 Å². The van der Waals surface area contributed by atoms with Crippen LogP contribution in [-0.2, 0) is 16.0 Å². The maximum atomic E-state index is 11.6. The maximum Gasteiger partial charge on any atom is 0.310 e. The lowest BCUT2D eigenvalue weighted by atomic mass is 10.1. The zero-order chi connectivity index (χ0) is 12.8. The fourth-order valence-corrected chi connectivity index (χ4v) is 2.01. The highest BCUT2D eigenvalue weighted by atomic mass is 79.9. The van der Waals surface area contributed by atoms with E-state index < -0.39 is 0 Å². The number of carbonyl (C=O) groups is 2. The molecule has 1 rings (SSSR count). The molecule has 0 unspecified atom stereocenters. The monoisotopic (exact) mass is 318 g/mol. The van der Waals surface area contributed by atoms with Gasteiger partial charge in [-0.1, -0.05) is 28.1 Å². The highest BCUT2D eigenvalue weighted by molar-refractivity contribution is 9.10. The van der Waals surface area contributed by atoms with E-state index in [4.69, 9.17) is 11.6 Å². The van der Waals surface area contributed by atoms with Crippen LogP contribution >= 0.6 is 27.5 Å². The van der Waals surface area contributed by atoms with E-state index in [2.05, 4.69) is 20.7 Å². The second-order valence-corrected chi connectivity index (χ2v) is 4.65. The zero-order valence-corrected chi connectivity index (χ0v) is 11.7. The van der Waals surface area contributed by atoms with Crippen LogP contribution in [0.5, 0.6) is 0 Å². The highest BCUT2D eigenvalue weighted by Gasteiger charge is 2.10. The van der Waals surface area contributed by atoms with Crippen LogP contribution in [0.3, 0.4) is 0 Å². The van der Waals surface area contributed by atoms with Gasteiger partial charge in [0, 0.05) is 22.3 Å². The summed E-state index contributed by atoms with van der Waals surface area (Å²) in [5, 5.41) is 0. The third-order valence-electron chi connectivity index (χ3n) is 2.26. The number of benzene rings is 1. The van der Waals surface area contributed by atoms with Gasteiger partial charge in [0.05, 0.1) is 13.5 Å². The van der Waals surface area contributed by atoms with Gasteiger partial charge in [0.25, 0.3) is 0 Å². The summed E-state index contributed by atoms with van der Waals surface area (Å²) in [6, 6.07) is 5.13. The summed E-state index contributed by atoms with van der Waals surface area (Å²) in [5.74, 6) is -0.0174. The van der Waals surface area contributed by atoms with E-state index in [0.717, 1.165) is 10.0 Å². The molecule has 0 saturated carbocycles. The molecule has 0 saturated heterocycles. The lowest BCUT2D eigenvalue weighted by molar-refractivity contribution is -0.139. The Morgan fingerprint density at radius 1 is 1.41 bits per heavy atom. The van der Waals surface area contributed by atoms with Crippen molar-refractivity contribution in [3.63, 3.8) is 0 Å². The number of Topliss-reactive ketones (excluding diaryl/α,β-unsaturated/α-hetero) is 1. The summed E-state index contributed by atoms with van der Waals surface area (Å²) in [6.07, 6.45) is 0.491. The van der Waals surface area contributed by atoms with Crippen LogP contribution in [0.25, 0.3) is 0 Å². The molecular formula is C12H12BrClO3. The van der Waals surface area contributed by atoms with Crippen molar-refractivity contribution >= 4 is 39.3 Å². The number of halogens is 2. The molecule has 0 atom stereocenters. The summed E-state index contributed by atoms with van der Waals surface area (Å²) in [5.41, 5.74) is 1.38. The van der Waals surface area contributed by atoms with E-state index in [1.807, 2.05) is 0 Å². The molecule has 0 aliphatic carbocycles. The molecule has 17 heavy (non-hydrogen) atoms. The first-order valence-electron chi connectivity index (χ1n) is 5.03. The van der Waals surface area contributed by atoms with Crippen molar-refractivity contribution in [2.24, 2.45) is 0 Å². The normalized spacial score (nSPS) is 10.1. The first-order chi connectivity index (χ1) is 8.08. The van der Waals surface area contributed by atoms with Gasteiger partial charge in [-0.2, -0.15) is 0 Å². The predicted octanol–water partition coefficient (Wildman–Crippen LogP) is 2.98. The molecular weight excluding hydrogens is 307 g/mol. The number of methoxy groups -OCH3 is 1. The van der Waals surface area contributed by atoms with E-state index in [1.165, 1.54) is 7.11 Å². The third kappa shape index (κ3) is 4.13. The van der Waals surface area contributed by atoms with Gasteiger partial charge >= 0.3 is 5.97 Å². The van der Waals surface area contributed by atoms with Crippen LogP contribution in [0.15, 0.2) is 22.7 Å². The summed E-state index contributed by atoms with van der Waals surface area (Å²) in [4.78, 5) is 22.7. The first-order valence-corrected chi connectivity index (χ1v) is 6.35. The molecule has 0 heterocycles. The van der Waals surface area contributed by atoms with Gasteiger partial charge in [0.1, 0.15) is 0 Å². The van der Waals surface area contributed by atoms with Gasteiger partial charge in [0.15, 0.2) is 5.78 Å². The van der Waals surface area contributed by atoms with Gasteiger partial charge in [-0.25, -0.2) is 0 Å². The molecule has 0 amide bonds. The minimum absolute atomic E-state index is 0.00896. The second-order valence-electron chi connectivity index (χ2n) is 3.42. The molecule has 0 bridgehead atoms. The number of hydrogen-bond donors (Lipinski definition) is 0. The van der Waals surface area contributed by atoms with Crippen LogP contribution < -0.4 is 0 Å². The molecule has 1 aromatic rings. The molecule has 0 aliphatic rings.